The van der Waals surface area contributed by atoms with E-state index in [9.17, 15) is 0 Å². The highest BCUT2D eigenvalue weighted by atomic mass is 35.5. The Labute approximate surface area is 90.9 Å². The van der Waals surface area contributed by atoms with Crippen LogP contribution in [-0.4, -0.2) is 22.0 Å². The molecule has 0 aromatic carbocycles. The fourth-order valence-corrected chi connectivity index (χ4v) is 1.56. The van der Waals surface area contributed by atoms with Gasteiger partial charge >= 0.3 is 0 Å². The third kappa shape index (κ3) is 1.61. The molecule has 0 unspecified atom stereocenters. The summed E-state index contributed by atoms with van der Waals surface area (Å²) in [6.07, 6.45) is 4.91. The lowest BCUT2D eigenvalue weighted by Gasteiger charge is -2.20. The number of hydrogen-bond acceptors (Lipinski definition) is 5. The van der Waals surface area contributed by atoms with Gasteiger partial charge in [-0.2, -0.15) is 0 Å². The predicted molar refractivity (Wildman–Crippen MR) is 54.6 cm³/mol. The van der Waals surface area contributed by atoms with Gasteiger partial charge in [0.15, 0.2) is 10.3 Å². The van der Waals surface area contributed by atoms with E-state index in [2.05, 4.69) is 15.5 Å². The average molecular weight is 232 g/mol. The van der Waals surface area contributed by atoms with Gasteiger partial charge in [-0.3, -0.25) is 10.0 Å². The summed E-state index contributed by atoms with van der Waals surface area (Å²) >= 11 is 11.8. The van der Waals surface area contributed by atoms with Crippen LogP contribution in [0.25, 0.3) is 0 Å². The molecule has 0 bridgehead atoms. The SMILES string of the molecule is CN1C=CN(c2c(Cl)ncnc2Cl)N1. The minimum atomic E-state index is 0.303. The molecule has 7 heteroatoms. The maximum Gasteiger partial charge on any atom is 0.159 e. The van der Waals surface area contributed by atoms with Crippen molar-refractivity contribution in [2.45, 2.75) is 0 Å². The lowest BCUT2D eigenvalue weighted by atomic mass is 10.5. The molecule has 0 atom stereocenters. The van der Waals surface area contributed by atoms with Crippen LogP contribution in [0.5, 0.6) is 0 Å². The molecule has 0 amide bonds. The summed E-state index contributed by atoms with van der Waals surface area (Å²) in [6, 6.07) is 0. The monoisotopic (exact) mass is 231 g/mol. The third-order valence-corrected chi connectivity index (χ3v) is 2.23. The van der Waals surface area contributed by atoms with Gasteiger partial charge in [0.2, 0.25) is 0 Å². The topological polar surface area (TPSA) is 44.3 Å². The summed E-state index contributed by atoms with van der Waals surface area (Å²) in [5, 5.41) is 4.00. The molecule has 0 saturated carbocycles. The van der Waals surface area contributed by atoms with Gasteiger partial charge in [-0.1, -0.05) is 23.2 Å². The zero-order valence-corrected chi connectivity index (χ0v) is 8.79. The van der Waals surface area contributed by atoms with E-state index < -0.39 is 0 Å². The fourth-order valence-electron chi connectivity index (χ4n) is 1.06. The number of nitrogens with one attached hydrogen (secondary N) is 1. The van der Waals surface area contributed by atoms with Crippen LogP contribution in [0.15, 0.2) is 18.7 Å². The molecule has 1 aromatic heterocycles. The summed E-state index contributed by atoms with van der Waals surface area (Å²) in [6.45, 7) is 0. The molecule has 2 heterocycles. The van der Waals surface area contributed by atoms with Gasteiger partial charge < -0.3 is 0 Å². The molecule has 0 spiro atoms. The Morgan fingerprint density at radius 1 is 1.21 bits per heavy atom. The van der Waals surface area contributed by atoms with Crippen molar-refractivity contribution in [3.05, 3.63) is 29.0 Å². The summed E-state index contributed by atoms with van der Waals surface area (Å²) in [4.78, 5) is 7.69. The minimum Gasteiger partial charge on any atom is -0.299 e. The van der Waals surface area contributed by atoms with E-state index >= 15 is 0 Å². The van der Waals surface area contributed by atoms with Crippen molar-refractivity contribution in [3.63, 3.8) is 0 Å². The largest absolute Gasteiger partial charge is 0.299 e. The second-order valence-corrected chi connectivity index (χ2v) is 3.40. The number of anilines is 1. The predicted octanol–water partition coefficient (Wildman–Crippen LogP) is 1.43. The van der Waals surface area contributed by atoms with E-state index in [1.54, 1.807) is 16.2 Å². The highest BCUT2D eigenvalue weighted by Gasteiger charge is 2.18. The van der Waals surface area contributed by atoms with Gasteiger partial charge in [0, 0.05) is 19.4 Å². The Morgan fingerprint density at radius 3 is 2.36 bits per heavy atom. The molecule has 14 heavy (non-hydrogen) atoms. The molecule has 5 nitrogen and oxygen atoms in total. The van der Waals surface area contributed by atoms with Crippen LogP contribution in [0.2, 0.25) is 10.3 Å². The average Bonchev–Trinajstić information content (AvgIpc) is 2.51. The van der Waals surface area contributed by atoms with E-state index in [4.69, 9.17) is 23.2 Å². The first-order valence-electron chi connectivity index (χ1n) is 3.81. The highest BCUT2D eigenvalue weighted by Crippen LogP contribution is 2.30. The van der Waals surface area contributed by atoms with Crippen molar-refractivity contribution in [3.8, 4) is 0 Å². The Kier molecular flexibility index (Phi) is 2.45. The quantitative estimate of drug-likeness (QED) is 0.742. The van der Waals surface area contributed by atoms with Crippen molar-refractivity contribution in [2.24, 2.45) is 0 Å². The summed E-state index contributed by atoms with van der Waals surface area (Å²) < 4.78 is 0. The van der Waals surface area contributed by atoms with E-state index in [1.807, 2.05) is 13.2 Å². The Balaban J connectivity index is 2.37. The molecular weight excluding hydrogens is 225 g/mol. The number of halogens is 2. The van der Waals surface area contributed by atoms with Crippen LogP contribution >= 0.6 is 23.2 Å². The zero-order chi connectivity index (χ0) is 10.1. The maximum absolute atomic E-state index is 5.89. The molecule has 1 N–H and O–H groups in total. The van der Waals surface area contributed by atoms with E-state index in [0.29, 0.717) is 16.0 Å². The van der Waals surface area contributed by atoms with Crippen molar-refractivity contribution < 1.29 is 0 Å². The Bertz CT molecular complexity index is 360. The van der Waals surface area contributed by atoms with Gasteiger partial charge in [0.05, 0.1) is 0 Å². The Morgan fingerprint density at radius 2 is 1.86 bits per heavy atom. The lowest BCUT2D eigenvalue weighted by molar-refractivity contribution is 0.358. The van der Waals surface area contributed by atoms with E-state index in [-0.39, 0.29) is 0 Å². The number of rotatable bonds is 1. The second-order valence-electron chi connectivity index (χ2n) is 2.68. The molecule has 74 valence electrons. The third-order valence-electron chi connectivity index (χ3n) is 1.68. The van der Waals surface area contributed by atoms with Crippen LogP contribution in [0.1, 0.15) is 0 Å². The molecule has 2 rings (SSSR count). The first kappa shape index (κ1) is 9.51. The van der Waals surface area contributed by atoms with E-state index in [0.717, 1.165) is 0 Å². The van der Waals surface area contributed by atoms with Crippen LogP contribution in [-0.2, 0) is 0 Å². The molecule has 0 radical (unpaired) electrons. The van der Waals surface area contributed by atoms with Crippen LogP contribution in [0, 0.1) is 0 Å². The van der Waals surface area contributed by atoms with Crippen LogP contribution < -0.4 is 10.5 Å². The highest BCUT2D eigenvalue weighted by molar-refractivity contribution is 6.37. The standard InChI is InChI=1S/C7H7Cl2N5/c1-13-2-3-14(12-13)5-6(8)10-4-11-7(5)9/h2-4,12H,1H3. The summed E-state index contributed by atoms with van der Waals surface area (Å²) in [7, 11) is 1.85. The molecule has 1 aromatic rings. The molecular formula is C7H7Cl2N5. The molecule has 0 aliphatic carbocycles. The van der Waals surface area contributed by atoms with Crippen molar-refractivity contribution >= 4 is 28.9 Å². The maximum atomic E-state index is 5.89. The van der Waals surface area contributed by atoms with Gasteiger partial charge in [-0.15, -0.1) is 5.53 Å². The first-order valence-corrected chi connectivity index (χ1v) is 4.57. The van der Waals surface area contributed by atoms with Gasteiger partial charge in [0.25, 0.3) is 0 Å². The number of hydrazine groups is 2. The molecule has 0 fully saturated rings. The molecule has 1 aliphatic rings. The van der Waals surface area contributed by atoms with Crippen molar-refractivity contribution in [1.29, 1.82) is 0 Å². The second kappa shape index (κ2) is 3.61. The van der Waals surface area contributed by atoms with Gasteiger partial charge in [-0.25, -0.2) is 9.97 Å². The number of hydrogen-bond donors (Lipinski definition) is 1. The van der Waals surface area contributed by atoms with E-state index in [1.165, 1.54) is 6.33 Å². The Hall–Kier alpha value is -1.04. The molecule has 0 saturated heterocycles. The molecule has 1 aliphatic heterocycles. The number of aromatic nitrogens is 2. The minimum absolute atomic E-state index is 0.303. The number of nitrogens with zero attached hydrogens (tertiary/aromatic N) is 4. The first-order chi connectivity index (χ1) is 6.68. The smallest absolute Gasteiger partial charge is 0.159 e. The summed E-state index contributed by atoms with van der Waals surface area (Å²) in [5.74, 6) is 0. The van der Waals surface area contributed by atoms with Crippen LogP contribution in [0.3, 0.4) is 0 Å². The van der Waals surface area contributed by atoms with Gasteiger partial charge in [-0.05, 0) is 0 Å². The summed E-state index contributed by atoms with van der Waals surface area (Å²) in [5.41, 5.74) is 3.50. The van der Waals surface area contributed by atoms with Gasteiger partial charge in [0.1, 0.15) is 12.0 Å². The lowest BCUT2D eigenvalue weighted by Crippen LogP contribution is -2.37. The zero-order valence-electron chi connectivity index (χ0n) is 7.28. The van der Waals surface area contributed by atoms with Crippen LogP contribution in [0.4, 0.5) is 5.69 Å². The van der Waals surface area contributed by atoms with Crippen molar-refractivity contribution in [2.75, 3.05) is 12.1 Å². The fraction of sp³-hybridized carbons (Fsp3) is 0.143. The normalized spacial score (nSPS) is 15.4. The van der Waals surface area contributed by atoms with Crippen molar-refractivity contribution in [1.82, 2.24) is 20.5 Å².